The fourth-order valence-electron chi connectivity index (χ4n) is 0.122. The highest BCUT2D eigenvalue weighted by molar-refractivity contribution is 8.21. The van der Waals surface area contributed by atoms with Gasteiger partial charge in [-0.1, -0.05) is 0 Å². The van der Waals surface area contributed by atoms with Crippen molar-refractivity contribution in [1.29, 1.82) is 0 Å². The van der Waals surface area contributed by atoms with Crippen molar-refractivity contribution in [3.63, 3.8) is 0 Å². The predicted molar refractivity (Wildman–Crippen MR) is 26.5 cm³/mol. The minimum atomic E-state index is -3.00. The van der Waals surface area contributed by atoms with Gasteiger partial charge in [0.1, 0.15) is 0 Å². The molecule has 0 heterocycles. The van der Waals surface area contributed by atoms with E-state index in [-0.39, 0.29) is 0 Å². The van der Waals surface area contributed by atoms with Gasteiger partial charge in [-0.25, -0.2) is 0 Å². The molecule has 0 rings (SSSR count). The summed E-state index contributed by atoms with van der Waals surface area (Å²) in [4.78, 5) is 1.98. The van der Waals surface area contributed by atoms with Gasteiger partial charge in [0.2, 0.25) is 0 Å². The van der Waals surface area contributed by atoms with Crippen LogP contribution in [0.15, 0.2) is 0 Å². The number of hydrogen-bond donors (Lipinski definition) is 0. The van der Waals surface area contributed by atoms with Crippen molar-refractivity contribution in [3.8, 4) is 0 Å². The summed E-state index contributed by atoms with van der Waals surface area (Å²) in [5.74, 6) is 0. The molecule has 0 aromatic heterocycles. The van der Waals surface area contributed by atoms with E-state index in [1.165, 1.54) is 0 Å². The molecule has 0 bridgehead atoms. The molecule has 0 aromatic carbocycles. The molecular weight excluding hydrogens is 168 g/mol. The SMILES string of the molecule is [N-]=[N+]=C(S(=O)[O-])S(=O)[O-]. The highest BCUT2D eigenvalue weighted by atomic mass is 32.3. The molecule has 2 atom stereocenters. The molecule has 0 spiro atoms. The molecule has 0 aliphatic carbocycles. The van der Waals surface area contributed by atoms with Crippen LogP contribution in [0.4, 0.5) is 0 Å². The Balaban J connectivity index is 4.59. The molecule has 6 nitrogen and oxygen atoms in total. The summed E-state index contributed by atoms with van der Waals surface area (Å²) in [5, 5.41) is 0. The van der Waals surface area contributed by atoms with Crippen LogP contribution in [-0.4, -0.2) is 26.7 Å². The normalized spacial score (nSPS) is 15.8. The zero-order valence-corrected chi connectivity index (χ0v) is 5.48. The first-order valence-corrected chi connectivity index (χ1v) is 3.65. The van der Waals surface area contributed by atoms with Gasteiger partial charge in [-0.2, -0.15) is 0 Å². The number of nitrogens with zero attached hydrogens (tertiary/aromatic N) is 2. The van der Waals surface area contributed by atoms with E-state index < -0.39 is 26.5 Å². The second-order valence-electron chi connectivity index (χ2n) is 0.835. The van der Waals surface area contributed by atoms with Gasteiger partial charge in [0.05, 0.1) is 22.2 Å². The van der Waals surface area contributed by atoms with Crippen LogP contribution in [0.25, 0.3) is 5.53 Å². The van der Waals surface area contributed by atoms with Crippen LogP contribution in [0.2, 0.25) is 0 Å². The van der Waals surface area contributed by atoms with Crippen LogP contribution >= 0.6 is 0 Å². The molecule has 9 heavy (non-hydrogen) atoms. The molecule has 8 heteroatoms. The van der Waals surface area contributed by atoms with Crippen LogP contribution in [0, 0.1) is 0 Å². The predicted octanol–water partition coefficient (Wildman–Crippen LogP) is -1.67. The molecule has 0 aliphatic heterocycles. The standard InChI is InChI=1S/CH2N2O4S2/c2-3-1(8(4)5)9(6)7/h(H,4,5)(H,6,7)/p-2. The molecule has 52 valence electrons. The average Bonchev–Trinajstić information content (AvgIpc) is 1.64. The lowest BCUT2D eigenvalue weighted by Crippen LogP contribution is -2.13. The third-order valence-electron chi connectivity index (χ3n) is 0.367. The minimum absolute atomic E-state index is 1.30. The molecular formula is CN2O4S2-2. The summed E-state index contributed by atoms with van der Waals surface area (Å²) in [5.41, 5.74) is 7.67. The van der Waals surface area contributed by atoms with Crippen molar-refractivity contribution < 1.29 is 22.3 Å². The molecule has 0 N–H and O–H groups in total. The van der Waals surface area contributed by atoms with Crippen molar-refractivity contribution in [2.45, 2.75) is 0 Å². The van der Waals surface area contributed by atoms with Gasteiger partial charge in [0.25, 0.3) is 0 Å². The van der Waals surface area contributed by atoms with E-state index in [0.29, 0.717) is 0 Å². The summed E-state index contributed by atoms with van der Waals surface area (Å²) in [6, 6.07) is 0. The van der Waals surface area contributed by atoms with E-state index in [9.17, 15) is 17.5 Å². The van der Waals surface area contributed by atoms with E-state index >= 15 is 0 Å². The fourth-order valence-corrected chi connectivity index (χ4v) is 0.700. The van der Waals surface area contributed by atoms with E-state index in [2.05, 4.69) is 0 Å². The van der Waals surface area contributed by atoms with Gasteiger partial charge < -0.3 is 14.6 Å². The van der Waals surface area contributed by atoms with Gasteiger partial charge in [-0.05, 0) is 0 Å². The Morgan fingerprint density at radius 3 is 1.67 bits per heavy atom. The van der Waals surface area contributed by atoms with E-state index in [0.717, 1.165) is 0 Å². The largest absolute Gasteiger partial charge is 0.763 e. The summed E-state index contributed by atoms with van der Waals surface area (Å²) in [6.07, 6.45) is 0. The van der Waals surface area contributed by atoms with Crippen molar-refractivity contribution in [3.05, 3.63) is 5.53 Å². The quantitative estimate of drug-likeness (QED) is 0.141. The van der Waals surface area contributed by atoms with Gasteiger partial charge in [-0.3, -0.25) is 8.42 Å². The maximum absolute atomic E-state index is 9.69. The van der Waals surface area contributed by atoms with Crippen LogP contribution in [0.1, 0.15) is 0 Å². The summed E-state index contributed by atoms with van der Waals surface area (Å²) in [7, 11) is 0. The molecule has 0 aromatic rings. The highest BCUT2D eigenvalue weighted by Crippen LogP contribution is 1.81. The van der Waals surface area contributed by atoms with Crippen molar-refractivity contribution in [2.24, 2.45) is 0 Å². The Morgan fingerprint density at radius 2 is 1.67 bits per heavy atom. The van der Waals surface area contributed by atoms with E-state index in [1.54, 1.807) is 0 Å². The third kappa shape index (κ3) is 2.59. The van der Waals surface area contributed by atoms with E-state index in [1.807, 2.05) is 4.79 Å². The van der Waals surface area contributed by atoms with Crippen molar-refractivity contribution in [1.82, 2.24) is 0 Å². The lowest BCUT2D eigenvalue weighted by atomic mass is 11.7. The zero-order chi connectivity index (χ0) is 7.44. The summed E-state index contributed by atoms with van der Waals surface area (Å²) < 4.78 is 37.5. The van der Waals surface area contributed by atoms with Crippen molar-refractivity contribution >= 4 is 26.5 Å². The van der Waals surface area contributed by atoms with E-state index in [4.69, 9.17) is 5.53 Å². The monoisotopic (exact) mass is 168 g/mol. The Bertz CT molecular complexity index is 189. The first kappa shape index (κ1) is 8.60. The Hall–Kier alpha value is -0.400. The van der Waals surface area contributed by atoms with Gasteiger partial charge in [-0.15, -0.1) is 4.79 Å². The van der Waals surface area contributed by atoms with Gasteiger partial charge in [0.15, 0.2) is 0 Å². The Labute approximate surface area is 55.1 Å². The van der Waals surface area contributed by atoms with Crippen LogP contribution < -0.4 is 0 Å². The fraction of sp³-hybridized carbons (Fsp3) is 0. The van der Waals surface area contributed by atoms with Crippen LogP contribution in [0.3, 0.4) is 0 Å². The topological polar surface area (TPSA) is 117 Å². The molecule has 0 fully saturated rings. The van der Waals surface area contributed by atoms with Gasteiger partial charge >= 0.3 is 4.38 Å². The Kier molecular flexibility index (Phi) is 3.43. The van der Waals surface area contributed by atoms with Crippen LogP contribution in [-0.2, 0) is 22.2 Å². The molecule has 0 amide bonds. The molecule has 0 saturated carbocycles. The zero-order valence-electron chi connectivity index (χ0n) is 3.84. The summed E-state index contributed by atoms with van der Waals surface area (Å²) in [6.45, 7) is 0. The third-order valence-corrected chi connectivity index (χ3v) is 1.92. The number of rotatable bonds is 0. The van der Waals surface area contributed by atoms with Gasteiger partial charge in [0, 0.05) is 0 Å². The minimum Gasteiger partial charge on any atom is -0.763 e. The first-order chi connectivity index (χ1) is 4.09. The Morgan fingerprint density at radius 1 is 1.33 bits per heavy atom. The number of hydrogen-bond acceptors (Lipinski definition) is 4. The maximum Gasteiger partial charge on any atom is 0.416 e. The molecule has 0 saturated heterocycles. The lowest BCUT2D eigenvalue weighted by Gasteiger charge is -1.99. The summed E-state index contributed by atoms with van der Waals surface area (Å²) >= 11 is -5.99. The average molecular weight is 168 g/mol. The van der Waals surface area contributed by atoms with Crippen LogP contribution in [0.5, 0.6) is 0 Å². The molecule has 0 radical (unpaired) electrons. The first-order valence-electron chi connectivity index (χ1n) is 1.50. The van der Waals surface area contributed by atoms with Crippen molar-refractivity contribution in [2.75, 3.05) is 0 Å². The smallest absolute Gasteiger partial charge is 0.416 e. The second kappa shape index (κ2) is 3.59. The highest BCUT2D eigenvalue weighted by Gasteiger charge is 2.07. The maximum atomic E-state index is 9.69. The second-order valence-corrected chi connectivity index (χ2v) is 2.81. The molecule has 2 unspecified atom stereocenters. The lowest BCUT2D eigenvalue weighted by molar-refractivity contribution is 0.00351. The molecule has 0 aliphatic rings.